The number of hydrogen-bond donors (Lipinski definition) is 1. The van der Waals surface area contributed by atoms with E-state index >= 15 is 0 Å². The van der Waals surface area contributed by atoms with Gasteiger partial charge in [0.05, 0.1) is 0 Å². The normalized spacial score (nSPS) is 17.1. The van der Waals surface area contributed by atoms with Crippen molar-refractivity contribution in [3.05, 3.63) is 42.0 Å². The van der Waals surface area contributed by atoms with Gasteiger partial charge < -0.3 is 14.7 Å². The van der Waals surface area contributed by atoms with Crippen molar-refractivity contribution in [3.8, 4) is 5.75 Å². The maximum absolute atomic E-state index is 10.3. The van der Waals surface area contributed by atoms with Gasteiger partial charge in [0, 0.05) is 19.6 Å². The molecule has 1 aliphatic heterocycles. The first-order chi connectivity index (χ1) is 12.6. The molecule has 1 N–H and O–H groups in total. The minimum absolute atomic E-state index is 0.350. The Morgan fingerprint density at radius 2 is 2.00 bits per heavy atom. The van der Waals surface area contributed by atoms with Gasteiger partial charge in [-0.1, -0.05) is 44.1 Å². The van der Waals surface area contributed by atoms with Gasteiger partial charge in [-0.15, -0.1) is 0 Å². The number of rotatable bonds is 10. The molecule has 146 valence electrons. The third-order valence-corrected chi connectivity index (χ3v) is 4.86. The number of benzene rings is 1. The van der Waals surface area contributed by atoms with Crippen molar-refractivity contribution in [1.29, 1.82) is 0 Å². The highest BCUT2D eigenvalue weighted by molar-refractivity contribution is 5.28. The number of ether oxygens (including phenoxy) is 1. The predicted molar refractivity (Wildman–Crippen MR) is 109 cm³/mol. The van der Waals surface area contributed by atoms with E-state index in [9.17, 15) is 5.11 Å². The van der Waals surface area contributed by atoms with Crippen molar-refractivity contribution in [3.63, 3.8) is 0 Å². The lowest BCUT2D eigenvalue weighted by atomic mass is 10.2. The topological polar surface area (TPSA) is 35.9 Å². The van der Waals surface area contributed by atoms with E-state index in [0.29, 0.717) is 13.2 Å². The molecular weight excluding hydrogens is 324 g/mol. The van der Waals surface area contributed by atoms with Crippen LogP contribution >= 0.6 is 0 Å². The SMILES string of the molecule is C=C(C)CN(CC)Cc1cccc(OCC(O)CN2CCCCCC2)c1. The lowest BCUT2D eigenvalue weighted by Gasteiger charge is -2.23. The monoisotopic (exact) mass is 360 g/mol. The Bertz CT molecular complexity index is 539. The second kappa shape index (κ2) is 11.4. The Morgan fingerprint density at radius 1 is 1.27 bits per heavy atom. The van der Waals surface area contributed by atoms with E-state index in [1.54, 1.807) is 0 Å². The van der Waals surface area contributed by atoms with Gasteiger partial charge in [0.2, 0.25) is 0 Å². The van der Waals surface area contributed by atoms with Crippen LogP contribution in [0.1, 0.15) is 45.1 Å². The highest BCUT2D eigenvalue weighted by Crippen LogP contribution is 2.16. The van der Waals surface area contributed by atoms with E-state index < -0.39 is 6.10 Å². The van der Waals surface area contributed by atoms with E-state index in [1.807, 2.05) is 12.1 Å². The van der Waals surface area contributed by atoms with Gasteiger partial charge in [0.1, 0.15) is 18.5 Å². The fourth-order valence-corrected chi connectivity index (χ4v) is 3.51. The zero-order valence-electron chi connectivity index (χ0n) is 16.6. The summed E-state index contributed by atoms with van der Waals surface area (Å²) in [5.41, 5.74) is 2.41. The highest BCUT2D eigenvalue weighted by Gasteiger charge is 2.14. The van der Waals surface area contributed by atoms with Crippen LogP contribution in [0.4, 0.5) is 0 Å². The summed E-state index contributed by atoms with van der Waals surface area (Å²) >= 11 is 0. The van der Waals surface area contributed by atoms with Crippen LogP contribution in [0.2, 0.25) is 0 Å². The molecule has 1 aromatic carbocycles. The van der Waals surface area contributed by atoms with Crippen molar-refractivity contribution >= 4 is 0 Å². The predicted octanol–water partition coefficient (Wildman–Crippen LogP) is 3.70. The molecule has 0 saturated carbocycles. The third-order valence-electron chi connectivity index (χ3n) is 4.86. The fraction of sp³-hybridized carbons (Fsp3) is 0.636. The van der Waals surface area contributed by atoms with Crippen LogP contribution in [0.3, 0.4) is 0 Å². The molecule has 1 fully saturated rings. The summed E-state index contributed by atoms with van der Waals surface area (Å²) in [5, 5.41) is 10.3. The van der Waals surface area contributed by atoms with E-state index in [0.717, 1.165) is 38.5 Å². The Balaban J connectivity index is 1.80. The molecule has 0 amide bonds. The zero-order chi connectivity index (χ0) is 18.8. The number of aliphatic hydroxyl groups is 1. The van der Waals surface area contributed by atoms with Gasteiger partial charge in [-0.2, -0.15) is 0 Å². The third kappa shape index (κ3) is 7.90. The van der Waals surface area contributed by atoms with Crippen molar-refractivity contribution < 1.29 is 9.84 Å². The molecule has 2 rings (SSSR count). The summed E-state index contributed by atoms with van der Waals surface area (Å²) in [6.45, 7) is 14.3. The molecule has 1 heterocycles. The first-order valence-corrected chi connectivity index (χ1v) is 10.1. The summed E-state index contributed by atoms with van der Waals surface area (Å²) in [6, 6.07) is 8.21. The summed E-state index contributed by atoms with van der Waals surface area (Å²) < 4.78 is 5.86. The average Bonchev–Trinajstić information content (AvgIpc) is 2.88. The summed E-state index contributed by atoms with van der Waals surface area (Å²) in [4.78, 5) is 4.73. The number of likely N-dealkylation sites (tertiary alicyclic amines) is 1. The van der Waals surface area contributed by atoms with Gasteiger partial charge >= 0.3 is 0 Å². The van der Waals surface area contributed by atoms with Crippen molar-refractivity contribution in [2.75, 3.05) is 39.3 Å². The number of nitrogens with zero attached hydrogens (tertiary/aromatic N) is 2. The maximum atomic E-state index is 10.3. The van der Waals surface area contributed by atoms with Crippen LogP contribution in [0.15, 0.2) is 36.4 Å². The molecule has 1 aromatic rings. The van der Waals surface area contributed by atoms with Gasteiger partial charge in [-0.05, 0) is 57.1 Å². The first kappa shape index (κ1) is 20.9. The van der Waals surface area contributed by atoms with Crippen molar-refractivity contribution in [2.24, 2.45) is 0 Å². The Hall–Kier alpha value is -1.36. The van der Waals surface area contributed by atoms with Gasteiger partial charge in [0.25, 0.3) is 0 Å². The number of aliphatic hydroxyl groups excluding tert-OH is 1. The fourth-order valence-electron chi connectivity index (χ4n) is 3.51. The van der Waals surface area contributed by atoms with Crippen LogP contribution in [-0.2, 0) is 6.54 Å². The Kier molecular flexibility index (Phi) is 9.16. The highest BCUT2D eigenvalue weighted by atomic mass is 16.5. The molecular formula is C22H36N2O2. The number of likely N-dealkylation sites (N-methyl/N-ethyl adjacent to an activating group) is 1. The zero-order valence-corrected chi connectivity index (χ0v) is 16.6. The lowest BCUT2D eigenvalue weighted by Crippen LogP contribution is -2.36. The second-order valence-corrected chi connectivity index (χ2v) is 7.59. The van der Waals surface area contributed by atoms with Crippen molar-refractivity contribution in [1.82, 2.24) is 9.80 Å². The Morgan fingerprint density at radius 3 is 2.65 bits per heavy atom. The molecule has 4 nitrogen and oxygen atoms in total. The van der Waals surface area contributed by atoms with Gasteiger partial charge in [-0.25, -0.2) is 0 Å². The smallest absolute Gasteiger partial charge is 0.119 e. The van der Waals surface area contributed by atoms with Crippen LogP contribution in [-0.4, -0.2) is 60.3 Å². The molecule has 0 spiro atoms. The molecule has 1 atom stereocenters. The molecule has 1 aliphatic rings. The summed E-state index contributed by atoms with van der Waals surface area (Å²) in [5.74, 6) is 0.837. The number of hydrogen-bond acceptors (Lipinski definition) is 4. The van der Waals surface area contributed by atoms with Crippen LogP contribution in [0, 0.1) is 0 Å². The van der Waals surface area contributed by atoms with Gasteiger partial charge in [-0.3, -0.25) is 4.90 Å². The molecule has 26 heavy (non-hydrogen) atoms. The molecule has 1 saturated heterocycles. The minimum Gasteiger partial charge on any atom is -0.491 e. The molecule has 0 bridgehead atoms. The van der Waals surface area contributed by atoms with E-state index in [4.69, 9.17) is 4.74 Å². The largest absolute Gasteiger partial charge is 0.491 e. The summed E-state index contributed by atoms with van der Waals surface area (Å²) in [6.07, 6.45) is 4.68. The molecule has 1 unspecified atom stereocenters. The minimum atomic E-state index is -0.438. The molecule has 4 heteroatoms. The quantitative estimate of drug-likeness (QED) is 0.646. The summed E-state index contributed by atoms with van der Waals surface area (Å²) in [7, 11) is 0. The van der Waals surface area contributed by atoms with Crippen LogP contribution in [0.5, 0.6) is 5.75 Å². The van der Waals surface area contributed by atoms with E-state index in [-0.39, 0.29) is 0 Å². The molecule has 0 aromatic heterocycles. The van der Waals surface area contributed by atoms with E-state index in [2.05, 4.69) is 42.4 Å². The van der Waals surface area contributed by atoms with E-state index in [1.165, 1.54) is 36.8 Å². The van der Waals surface area contributed by atoms with Crippen LogP contribution < -0.4 is 4.74 Å². The Labute approximate surface area is 159 Å². The van der Waals surface area contributed by atoms with Crippen LogP contribution in [0.25, 0.3) is 0 Å². The molecule has 0 radical (unpaired) electrons. The standard InChI is InChI=1S/C22H36N2O2/c1-4-23(15-19(2)3)16-20-10-9-11-22(14-20)26-18-21(25)17-24-12-7-5-6-8-13-24/h9-11,14,21,25H,2,4-8,12-13,15-18H2,1,3H3. The number of β-amino-alcohol motifs (C(OH)–C–C–N with tert-alkyl or cyclic N) is 1. The maximum Gasteiger partial charge on any atom is 0.119 e. The van der Waals surface area contributed by atoms with Crippen molar-refractivity contribution in [2.45, 2.75) is 52.2 Å². The lowest BCUT2D eigenvalue weighted by molar-refractivity contribution is 0.0693. The first-order valence-electron chi connectivity index (χ1n) is 10.1. The molecule has 0 aliphatic carbocycles. The van der Waals surface area contributed by atoms with Gasteiger partial charge in [0.15, 0.2) is 0 Å². The second-order valence-electron chi connectivity index (χ2n) is 7.59. The average molecular weight is 361 g/mol.